The highest BCUT2D eigenvalue weighted by atomic mass is 16.5. The summed E-state index contributed by atoms with van der Waals surface area (Å²) in [5, 5.41) is 0. The first-order chi connectivity index (χ1) is 7.13. The van der Waals surface area contributed by atoms with Gasteiger partial charge in [0, 0.05) is 6.54 Å². The first kappa shape index (κ1) is 14.2. The molecular weight excluding hydrogens is 190 g/mol. The van der Waals surface area contributed by atoms with Crippen LogP contribution in [-0.2, 0) is 9.53 Å². The summed E-state index contributed by atoms with van der Waals surface area (Å²) in [5.41, 5.74) is 1.16. The van der Waals surface area contributed by atoms with Crippen molar-refractivity contribution >= 4 is 5.97 Å². The van der Waals surface area contributed by atoms with Crippen molar-refractivity contribution in [2.75, 3.05) is 26.2 Å². The number of nitrogens with zero attached hydrogens (tertiary/aromatic N) is 1. The van der Waals surface area contributed by atoms with Gasteiger partial charge in [0.15, 0.2) is 0 Å². The second kappa shape index (κ2) is 8.48. The van der Waals surface area contributed by atoms with E-state index in [1.165, 1.54) is 0 Å². The number of rotatable bonds is 8. The molecule has 0 atom stereocenters. The Hall–Kier alpha value is -0.830. The highest BCUT2D eigenvalue weighted by molar-refractivity contribution is 5.71. The van der Waals surface area contributed by atoms with Crippen molar-refractivity contribution in [2.45, 2.75) is 33.6 Å². The van der Waals surface area contributed by atoms with Gasteiger partial charge >= 0.3 is 5.97 Å². The van der Waals surface area contributed by atoms with Crippen LogP contribution < -0.4 is 0 Å². The predicted octanol–water partition coefficient (Wildman–Crippen LogP) is 2.23. The van der Waals surface area contributed by atoms with E-state index < -0.39 is 0 Å². The van der Waals surface area contributed by atoms with Crippen LogP contribution in [0, 0.1) is 0 Å². The van der Waals surface area contributed by atoms with Crippen molar-refractivity contribution in [1.29, 1.82) is 0 Å². The fourth-order valence-corrected chi connectivity index (χ4v) is 1.35. The van der Waals surface area contributed by atoms with Crippen molar-refractivity contribution < 1.29 is 9.53 Å². The Morgan fingerprint density at radius 3 is 2.40 bits per heavy atom. The van der Waals surface area contributed by atoms with E-state index in [4.69, 9.17) is 4.74 Å². The van der Waals surface area contributed by atoms with Gasteiger partial charge in [0.05, 0.1) is 13.2 Å². The molecule has 0 unspecified atom stereocenters. The third-order valence-corrected chi connectivity index (χ3v) is 2.15. The molecule has 0 saturated heterocycles. The molecule has 15 heavy (non-hydrogen) atoms. The lowest BCUT2D eigenvalue weighted by Crippen LogP contribution is -2.33. The van der Waals surface area contributed by atoms with E-state index in [0.29, 0.717) is 13.2 Å². The largest absolute Gasteiger partial charge is 0.465 e. The topological polar surface area (TPSA) is 29.5 Å². The Labute approximate surface area is 93.1 Å². The third kappa shape index (κ3) is 7.14. The predicted molar refractivity (Wildman–Crippen MR) is 62.8 cm³/mol. The average Bonchev–Trinajstić information content (AvgIpc) is 2.18. The summed E-state index contributed by atoms with van der Waals surface area (Å²) >= 11 is 0. The minimum Gasteiger partial charge on any atom is -0.465 e. The normalized spacial score (nSPS) is 10.4. The SMILES string of the molecule is C=C(CC)CN(CCC)CC(=O)OCC. The zero-order valence-electron chi connectivity index (χ0n) is 10.2. The van der Waals surface area contributed by atoms with Crippen molar-refractivity contribution in [3.8, 4) is 0 Å². The second-order valence-electron chi connectivity index (χ2n) is 3.62. The molecule has 88 valence electrons. The van der Waals surface area contributed by atoms with Gasteiger partial charge < -0.3 is 4.74 Å². The van der Waals surface area contributed by atoms with Crippen LogP contribution in [0.1, 0.15) is 33.6 Å². The molecule has 0 aliphatic carbocycles. The highest BCUT2D eigenvalue weighted by Gasteiger charge is 2.10. The van der Waals surface area contributed by atoms with E-state index in [1.54, 1.807) is 0 Å². The Morgan fingerprint density at radius 2 is 1.93 bits per heavy atom. The summed E-state index contributed by atoms with van der Waals surface area (Å²) in [6.07, 6.45) is 2.00. The van der Waals surface area contributed by atoms with E-state index in [0.717, 1.165) is 31.5 Å². The molecule has 3 nitrogen and oxygen atoms in total. The molecular formula is C12H23NO2. The smallest absolute Gasteiger partial charge is 0.320 e. The maximum Gasteiger partial charge on any atom is 0.320 e. The summed E-state index contributed by atoms with van der Waals surface area (Å²) in [4.78, 5) is 13.4. The number of hydrogen-bond donors (Lipinski definition) is 0. The lowest BCUT2D eigenvalue weighted by Gasteiger charge is -2.21. The summed E-state index contributed by atoms with van der Waals surface area (Å²) in [6, 6.07) is 0. The second-order valence-corrected chi connectivity index (χ2v) is 3.62. The van der Waals surface area contributed by atoms with Crippen LogP contribution >= 0.6 is 0 Å². The molecule has 0 aromatic heterocycles. The number of carbonyl (C=O) groups is 1. The molecule has 3 heteroatoms. The van der Waals surface area contributed by atoms with Crippen molar-refractivity contribution in [3.05, 3.63) is 12.2 Å². The van der Waals surface area contributed by atoms with Crippen LogP contribution in [0.3, 0.4) is 0 Å². The molecule has 0 radical (unpaired) electrons. The lowest BCUT2D eigenvalue weighted by atomic mass is 10.2. The molecule has 0 spiro atoms. The number of hydrogen-bond acceptors (Lipinski definition) is 3. The van der Waals surface area contributed by atoms with Gasteiger partial charge in [-0.1, -0.05) is 26.0 Å². The number of ether oxygens (including phenoxy) is 1. The molecule has 0 heterocycles. The molecule has 0 aromatic carbocycles. The molecule has 0 rings (SSSR count). The van der Waals surface area contributed by atoms with Gasteiger partial charge in [0.25, 0.3) is 0 Å². The Morgan fingerprint density at radius 1 is 1.27 bits per heavy atom. The zero-order valence-corrected chi connectivity index (χ0v) is 10.2. The van der Waals surface area contributed by atoms with Crippen LogP contribution in [0.2, 0.25) is 0 Å². The van der Waals surface area contributed by atoms with Crippen LogP contribution in [-0.4, -0.2) is 37.1 Å². The van der Waals surface area contributed by atoms with Gasteiger partial charge in [-0.2, -0.15) is 0 Å². The van der Waals surface area contributed by atoms with Gasteiger partial charge in [-0.25, -0.2) is 0 Å². The molecule has 0 amide bonds. The van der Waals surface area contributed by atoms with Gasteiger partial charge in [-0.3, -0.25) is 9.69 Å². The summed E-state index contributed by atoms with van der Waals surface area (Å²) in [5.74, 6) is -0.144. The van der Waals surface area contributed by atoms with E-state index in [2.05, 4.69) is 25.3 Å². The first-order valence-electron chi connectivity index (χ1n) is 5.68. The molecule has 0 saturated carbocycles. The van der Waals surface area contributed by atoms with E-state index in [1.807, 2.05) is 6.92 Å². The molecule has 0 fully saturated rings. The standard InChI is InChI=1S/C12H23NO2/c1-5-8-13(9-11(4)6-2)10-12(14)15-7-3/h4-10H2,1-3H3. The molecule has 0 N–H and O–H groups in total. The van der Waals surface area contributed by atoms with E-state index >= 15 is 0 Å². The minimum absolute atomic E-state index is 0.144. The van der Waals surface area contributed by atoms with Crippen LogP contribution in [0.5, 0.6) is 0 Å². The monoisotopic (exact) mass is 213 g/mol. The third-order valence-electron chi connectivity index (χ3n) is 2.15. The van der Waals surface area contributed by atoms with Gasteiger partial charge in [0.2, 0.25) is 0 Å². The van der Waals surface area contributed by atoms with Gasteiger partial charge in [0.1, 0.15) is 0 Å². The maximum atomic E-state index is 11.3. The average molecular weight is 213 g/mol. The Bertz CT molecular complexity index is 202. The van der Waals surface area contributed by atoms with Crippen molar-refractivity contribution in [2.24, 2.45) is 0 Å². The summed E-state index contributed by atoms with van der Waals surface area (Å²) in [6.45, 7) is 12.5. The quantitative estimate of drug-likeness (QED) is 0.457. The van der Waals surface area contributed by atoms with E-state index in [9.17, 15) is 4.79 Å². The summed E-state index contributed by atoms with van der Waals surface area (Å²) in [7, 11) is 0. The van der Waals surface area contributed by atoms with Crippen LogP contribution in [0.25, 0.3) is 0 Å². The number of carbonyl (C=O) groups excluding carboxylic acids is 1. The first-order valence-corrected chi connectivity index (χ1v) is 5.68. The fraction of sp³-hybridized carbons (Fsp3) is 0.750. The molecule has 0 aromatic rings. The molecule has 0 aliphatic heterocycles. The van der Waals surface area contributed by atoms with Gasteiger partial charge in [-0.15, -0.1) is 0 Å². The fourth-order valence-electron chi connectivity index (χ4n) is 1.35. The molecule has 0 bridgehead atoms. The minimum atomic E-state index is -0.144. The summed E-state index contributed by atoms with van der Waals surface area (Å²) < 4.78 is 4.92. The molecule has 0 aliphatic rings. The Kier molecular flexibility index (Phi) is 8.01. The van der Waals surface area contributed by atoms with Gasteiger partial charge in [-0.05, 0) is 26.3 Å². The zero-order chi connectivity index (χ0) is 11.7. The van der Waals surface area contributed by atoms with Crippen molar-refractivity contribution in [3.63, 3.8) is 0 Å². The van der Waals surface area contributed by atoms with Crippen LogP contribution in [0.15, 0.2) is 12.2 Å². The lowest BCUT2D eigenvalue weighted by molar-refractivity contribution is -0.144. The Balaban J connectivity index is 4.02. The van der Waals surface area contributed by atoms with Crippen LogP contribution in [0.4, 0.5) is 0 Å². The maximum absolute atomic E-state index is 11.3. The van der Waals surface area contributed by atoms with E-state index in [-0.39, 0.29) is 5.97 Å². The highest BCUT2D eigenvalue weighted by Crippen LogP contribution is 2.02. The van der Waals surface area contributed by atoms with Crippen molar-refractivity contribution in [1.82, 2.24) is 4.90 Å². The number of esters is 1.